The molecule has 0 aliphatic rings. The van der Waals surface area contributed by atoms with Gasteiger partial charge in [0.05, 0.1) is 0 Å². The number of hydrogen-bond donors (Lipinski definition) is 2. The predicted molar refractivity (Wildman–Crippen MR) is 148 cm³/mol. The molecule has 0 spiro atoms. The number of carbonyl (C=O) groups excluding carboxylic acids is 2. The highest BCUT2D eigenvalue weighted by molar-refractivity contribution is 5.80. The summed E-state index contributed by atoms with van der Waals surface area (Å²) < 4.78 is 5.78. The Hall–Kier alpha value is -2.11. The predicted octanol–water partition coefficient (Wildman–Crippen LogP) is 7.66. The van der Waals surface area contributed by atoms with E-state index < -0.39 is 5.97 Å². The van der Waals surface area contributed by atoms with E-state index in [9.17, 15) is 14.4 Å². The van der Waals surface area contributed by atoms with Crippen LogP contribution in [-0.4, -0.2) is 35.6 Å². The van der Waals surface area contributed by atoms with E-state index in [1.54, 1.807) is 0 Å². The molecule has 1 unspecified atom stereocenters. The minimum atomic E-state index is -1.03. The maximum atomic E-state index is 12.4. The number of allylic oxidation sites excluding steroid dienone is 3. The number of unbranched alkanes of at least 4 members (excludes halogenated alkanes) is 12. The summed E-state index contributed by atoms with van der Waals surface area (Å²) in [6, 6.07) is 0. The highest BCUT2D eigenvalue weighted by Gasteiger charge is 2.11. The zero-order valence-corrected chi connectivity index (χ0v) is 23.1. The van der Waals surface area contributed by atoms with Crippen LogP contribution in [0.3, 0.4) is 0 Å². The van der Waals surface area contributed by atoms with Crippen LogP contribution in [0.25, 0.3) is 0 Å². The van der Waals surface area contributed by atoms with Gasteiger partial charge in [0.2, 0.25) is 5.91 Å². The lowest BCUT2D eigenvalue weighted by Gasteiger charge is -2.15. The molecule has 1 atom stereocenters. The SMILES string of the molecule is CCC/C=C\CCCCCCCC(=O)OC(/C=C\CCCCC)CCCCCCC(=O)NCC(=O)O. The molecule has 2 N–H and O–H groups in total. The van der Waals surface area contributed by atoms with E-state index in [2.05, 4.69) is 43.5 Å². The summed E-state index contributed by atoms with van der Waals surface area (Å²) in [5.41, 5.74) is 0. The molecule has 0 saturated carbocycles. The smallest absolute Gasteiger partial charge is 0.322 e. The number of carboxylic acid groups (broad SMARTS) is 1. The Morgan fingerprint density at radius 2 is 1.33 bits per heavy atom. The number of ether oxygens (including phenoxy) is 1. The molecule has 0 aromatic rings. The van der Waals surface area contributed by atoms with Crippen molar-refractivity contribution < 1.29 is 24.2 Å². The normalized spacial score (nSPS) is 12.3. The van der Waals surface area contributed by atoms with Gasteiger partial charge in [-0.2, -0.15) is 0 Å². The standard InChI is InChI=1S/C30H53NO5/c1-3-5-7-9-10-11-12-13-15-21-25-30(35)36-27(22-18-14-8-6-4-2)23-19-16-17-20-24-28(32)31-26-29(33)34/h7,9,18,22,27H,3-6,8,10-17,19-21,23-26H2,1-2H3,(H,31,32)(H,33,34)/b9-7-,22-18-. The first-order chi connectivity index (χ1) is 17.5. The van der Waals surface area contributed by atoms with Crippen LogP contribution in [0.15, 0.2) is 24.3 Å². The van der Waals surface area contributed by atoms with Gasteiger partial charge in [-0.05, 0) is 63.9 Å². The minimum Gasteiger partial charge on any atom is -0.480 e. The molecule has 0 saturated heterocycles. The highest BCUT2D eigenvalue weighted by Crippen LogP contribution is 2.14. The molecule has 0 aliphatic carbocycles. The van der Waals surface area contributed by atoms with Gasteiger partial charge < -0.3 is 15.2 Å². The van der Waals surface area contributed by atoms with Crippen LogP contribution < -0.4 is 5.32 Å². The molecule has 0 aromatic carbocycles. The maximum absolute atomic E-state index is 12.4. The summed E-state index contributed by atoms with van der Waals surface area (Å²) in [6.45, 7) is 4.06. The Kier molecular flexibility index (Phi) is 24.4. The van der Waals surface area contributed by atoms with Crippen molar-refractivity contribution in [2.45, 2.75) is 142 Å². The monoisotopic (exact) mass is 507 g/mol. The van der Waals surface area contributed by atoms with Crippen molar-refractivity contribution in [3.63, 3.8) is 0 Å². The highest BCUT2D eigenvalue weighted by atomic mass is 16.5. The summed E-state index contributed by atoms with van der Waals surface area (Å²) >= 11 is 0. The lowest BCUT2D eigenvalue weighted by molar-refractivity contribution is -0.147. The third-order valence-electron chi connectivity index (χ3n) is 6.06. The van der Waals surface area contributed by atoms with E-state index in [4.69, 9.17) is 9.84 Å². The van der Waals surface area contributed by atoms with Gasteiger partial charge in [-0.25, -0.2) is 0 Å². The van der Waals surface area contributed by atoms with Crippen molar-refractivity contribution in [3.05, 3.63) is 24.3 Å². The van der Waals surface area contributed by atoms with E-state index in [1.807, 2.05) is 0 Å². The van der Waals surface area contributed by atoms with Crippen LogP contribution in [0.2, 0.25) is 0 Å². The molecule has 1 amide bonds. The molecular formula is C30H53NO5. The molecule has 208 valence electrons. The van der Waals surface area contributed by atoms with Crippen molar-refractivity contribution in [1.29, 1.82) is 0 Å². The zero-order valence-electron chi connectivity index (χ0n) is 23.1. The fraction of sp³-hybridized carbons (Fsp3) is 0.767. The summed E-state index contributed by atoms with van der Waals surface area (Å²) in [7, 11) is 0. The quantitative estimate of drug-likeness (QED) is 0.0751. The van der Waals surface area contributed by atoms with Gasteiger partial charge >= 0.3 is 11.9 Å². The van der Waals surface area contributed by atoms with E-state index in [0.29, 0.717) is 12.8 Å². The molecule has 0 heterocycles. The Labute approximate surface area is 220 Å². The second-order valence-electron chi connectivity index (χ2n) is 9.64. The average Bonchev–Trinajstić information content (AvgIpc) is 2.85. The van der Waals surface area contributed by atoms with Gasteiger partial charge in [0.25, 0.3) is 0 Å². The summed E-state index contributed by atoms with van der Waals surface area (Å²) in [5.74, 6) is -1.35. The van der Waals surface area contributed by atoms with E-state index in [-0.39, 0.29) is 24.5 Å². The molecule has 0 fully saturated rings. The van der Waals surface area contributed by atoms with Crippen molar-refractivity contribution in [1.82, 2.24) is 5.32 Å². The topological polar surface area (TPSA) is 92.7 Å². The molecule has 6 heteroatoms. The lowest BCUT2D eigenvalue weighted by Crippen LogP contribution is -2.28. The van der Waals surface area contributed by atoms with E-state index in [0.717, 1.165) is 64.2 Å². The third kappa shape index (κ3) is 25.0. The maximum Gasteiger partial charge on any atom is 0.322 e. The molecule has 0 aromatic heterocycles. The molecule has 0 radical (unpaired) electrons. The van der Waals surface area contributed by atoms with Crippen LogP contribution in [0.5, 0.6) is 0 Å². The molecule has 0 bridgehead atoms. The fourth-order valence-corrected chi connectivity index (χ4v) is 3.89. The molecule has 36 heavy (non-hydrogen) atoms. The van der Waals surface area contributed by atoms with Gasteiger partial charge in [-0.3, -0.25) is 14.4 Å². The second kappa shape index (κ2) is 26.0. The van der Waals surface area contributed by atoms with Crippen LogP contribution >= 0.6 is 0 Å². The number of hydrogen-bond acceptors (Lipinski definition) is 4. The number of esters is 1. The Bertz CT molecular complexity index is 614. The van der Waals surface area contributed by atoms with Crippen molar-refractivity contribution in [3.8, 4) is 0 Å². The van der Waals surface area contributed by atoms with Crippen LogP contribution in [0.4, 0.5) is 0 Å². The molecule has 0 aliphatic heterocycles. The zero-order chi connectivity index (χ0) is 26.7. The summed E-state index contributed by atoms with van der Waals surface area (Å²) in [5, 5.41) is 11.0. The largest absolute Gasteiger partial charge is 0.480 e. The van der Waals surface area contributed by atoms with Crippen molar-refractivity contribution in [2.24, 2.45) is 0 Å². The third-order valence-corrected chi connectivity index (χ3v) is 6.06. The van der Waals surface area contributed by atoms with E-state index in [1.165, 1.54) is 44.9 Å². The second-order valence-corrected chi connectivity index (χ2v) is 9.64. The first-order valence-electron chi connectivity index (χ1n) is 14.5. The number of carbonyl (C=O) groups is 3. The van der Waals surface area contributed by atoms with Gasteiger partial charge in [0, 0.05) is 12.8 Å². The van der Waals surface area contributed by atoms with Gasteiger partial charge in [0.1, 0.15) is 12.6 Å². The molecule has 0 rings (SSSR count). The first kappa shape index (κ1) is 33.9. The number of nitrogens with one attached hydrogen (secondary N) is 1. The Morgan fingerprint density at radius 3 is 2.06 bits per heavy atom. The number of carboxylic acids is 1. The van der Waals surface area contributed by atoms with Crippen molar-refractivity contribution in [2.75, 3.05) is 6.54 Å². The summed E-state index contributed by atoms with van der Waals surface area (Å²) in [6.07, 6.45) is 27.4. The Morgan fingerprint density at radius 1 is 0.722 bits per heavy atom. The van der Waals surface area contributed by atoms with Crippen LogP contribution in [-0.2, 0) is 19.1 Å². The van der Waals surface area contributed by atoms with Gasteiger partial charge in [-0.15, -0.1) is 0 Å². The number of rotatable bonds is 25. The van der Waals surface area contributed by atoms with Crippen LogP contribution in [0.1, 0.15) is 136 Å². The van der Waals surface area contributed by atoms with E-state index >= 15 is 0 Å². The Balaban J connectivity index is 4.13. The minimum absolute atomic E-state index is 0.101. The number of aliphatic carboxylic acids is 1. The molecular weight excluding hydrogens is 454 g/mol. The lowest BCUT2D eigenvalue weighted by atomic mass is 10.1. The summed E-state index contributed by atoms with van der Waals surface area (Å²) in [4.78, 5) is 34.4. The van der Waals surface area contributed by atoms with Gasteiger partial charge in [0.15, 0.2) is 0 Å². The van der Waals surface area contributed by atoms with Crippen LogP contribution in [0, 0.1) is 0 Å². The van der Waals surface area contributed by atoms with Crippen molar-refractivity contribution >= 4 is 17.8 Å². The average molecular weight is 508 g/mol. The fourth-order valence-electron chi connectivity index (χ4n) is 3.89. The first-order valence-corrected chi connectivity index (χ1v) is 14.5. The number of amides is 1. The van der Waals surface area contributed by atoms with Gasteiger partial charge in [-0.1, -0.05) is 83.4 Å². The molecule has 6 nitrogen and oxygen atoms in total.